The Morgan fingerprint density at radius 1 is 1.12 bits per heavy atom. The van der Waals surface area contributed by atoms with E-state index in [0.717, 1.165) is 16.8 Å². The van der Waals surface area contributed by atoms with E-state index in [1.807, 2.05) is 43.3 Å². The van der Waals surface area contributed by atoms with Gasteiger partial charge in [-0.25, -0.2) is 4.98 Å². The van der Waals surface area contributed by atoms with Crippen LogP contribution in [0.25, 0.3) is 11.3 Å². The highest BCUT2D eigenvalue weighted by atomic mass is 16.1. The van der Waals surface area contributed by atoms with Crippen molar-refractivity contribution in [3.05, 3.63) is 53.7 Å². The summed E-state index contributed by atoms with van der Waals surface area (Å²) >= 11 is 0. The maximum atomic E-state index is 11.1. The summed E-state index contributed by atoms with van der Waals surface area (Å²) < 4.78 is 0. The number of carbonyl (C=O) groups excluding carboxylic acids is 1. The van der Waals surface area contributed by atoms with Crippen molar-refractivity contribution in [2.75, 3.05) is 0 Å². The van der Waals surface area contributed by atoms with Gasteiger partial charge in [-0.2, -0.15) is 0 Å². The van der Waals surface area contributed by atoms with E-state index in [0.29, 0.717) is 5.69 Å². The average molecular weight is 212 g/mol. The zero-order valence-electron chi connectivity index (χ0n) is 8.97. The third kappa shape index (κ3) is 1.93. The third-order valence-electron chi connectivity index (χ3n) is 2.40. The molecule has 2 aromatic rings. The second-order valence-corrected chi connectivity index (χ2v) is 3.59. The molecule has 16 heavy (non-hydrogen) atoms. The van der Waals surface area contributed by atoms with Gasteiger partial charge in [-0.3, -0.25) is 4.79 Å². The normalized spacial score (nSPS) is 10.1. The largest absolute Gasteiger partial charge is 0.364 e. The number of nitrogens with two attached hydrogens (primary N) is 1. The second-order valence-electron chi connectivity index (χ2n) is 3.59. The van der Waals surface area contributed by atoms with Crippen LogP contribution in [0.5, 0.6) is 0 Å². The first-order valence-electron chi connectivity index (χ1n) is 5.01. The first-order chi connectivity index (χ1) is 7.68. The molecule has 1 aromatic carbocycles. The second kappa shape index (κ2) is 4.14. The van der Waals surface area contributed by atoms with E-state index in [9.17, 15) is 4.79 Å². The quantitative estimate of drug-likeness (QED) is 0.829. The minimum absolute atomic E-state index is 0.296. The fourth-order valence-corrected chi connectivity index (χ4v) is 1.55. The van der Waals surface area contributed by atoms with Gasteiger partial charge in [-0.15, -0.1) is 0 Å². The molecule has 3 heteroatoms. The molecule has 0 aliphatic carbocycles. The monoisotopic (exact) mass is 212 g/mol. The van der Waals surface area contributed by atoms with Gasteiger partial charge in [0.15, 0.2) is 0 Å². The van der Waals surface area contributed by atoms with Crippen LogP contribution in [0.2, 0.25) is 0 Å². The molecule has 0 radical (unpaired) electrons. The number of aryl methyl sites for hydroxylation is 1. The lowest BCUT2D eigenvalue weighted by Gasteiger charge is -2.06. The number of hydrogen-bond acceptors (Lipinski definition) is 2. The molecule has 1 heterocycles. The summed E-state index contributed by atoms with van der Waals surface area (Å²) in [5.41, 5.74) is 8.32. The van der Waals surface area contributed by atoms with Gasteiger partial charge in [0.05, 0.1) is 5.69 Å². The Labute approximate surface area is 93.9 Å². The minimum Gasteiger partial charge on any atom is -0.364 e. The number of carbonyl (C=O) groups is 1. The van der Waals surface area contributed by atoms with E-state index in [2.05, 4.69) is 4.98 Å². The Morgan fingerprint density at radius 2 is 1.81 bits per heavy atom. The number of aromatic nitrogens is 1. The van der Waals surface area contributed by atoms with Crippen LogP contribution in [0, 0.1) is 6.92 Å². The minimum atomic E-state index is -0.503. The molecule has 80 valence electrons. The van der Waals surface area contributed by atoms with E-state index < -0.39 is 5.91 Å². The number of amides is 1. The molecule has 0 saturated heterocycles. The summed E-state index contributed by atoms with van der Waals surface area (Å²) in [5, 5.41) is 0. The predicted molar refractivity (Wildman–Crippen MR) is 62.9 cm³/mol. The van der Waals surface area contributed by atoms with Crippen molar-refractivity contribution >= 4 is 5.91 Å². The van der Waals surface area contributed by atoms with Crippen molar-refractivity contribution < 1.29 is 4.79 Å². The molecule has 0 saturated carbocycles. The van der Waals surface area contributed by atoms with Crippen LogP contribution in [-0.2, 0) is 0 Å². The lowest BCUT2D eigenvalue weighted by molar-refractivity contribution is 0.0995. The Balaban J connectivity index is 2.56. The van der Waals surface area contributed by atoms with Gasteiger partial charge in [-0.05, 0) is 18.6 Å². The molecule has 0 bridgehead atoms. The maximum Gasteiger partial charge on any atom is 0.267 e. The van der Waals surface area contributed by atoms with Crippen molar-refractivity contribution in [3.63, 3.8) is 0 Å². The zero-order chi connectivity index (χ0) is 11.5. The Bertz CT molecular complexity index is 521. The Kier molecular flexibility index (Phi) is 2.68. The average Bonchev–Trinajstić information content (AvgIpc) is 2.30. The lowest BCUT2D eigenvalue weighted by Crippen LogP contribution is -2.13. The Morgan fingerprint density at radius 3 is 2.44 bits per heavy atom. The lowest BCUT2D eigenvalue weighted by atomic mass is 10.1. The van der Waals surface area contributed by atoms with Crippen molar-refractivity contribution in [1.82, 2.24) is 4.98 Å². The third-order valence-corrected chi connectivity index (χ3v) is 2.40. The first kappa shape index (κ1) is 10.4. The van der Waals surface area contributed by atoms with Gasteiger partial charge in [0, 0.05) is 5.56 Å². The topological polar surface area (TPSA) is 56.0 Å². The van der Waals surface area contributed by atoms with E-state index in [1.165, 1.54) is 0 Å². The summed E-state index contributed by atoms with van der Waals surface area (Å²) in [7, 11) is 0. The van der Waals surface area contributed by atoms with Gasteiger partial charge in [0.25, 0.3) is 5.91 Å². The molecule has 0 aliphatic rings. The van der Waals surface area contributed by atoms with Crippen molar-refractivity contribution in [2.45, 2.75) is 6.92 Å². The van der Waals surface area contributed by atoms with E-state index in [1.54, 1.807) is 6.07 Å². The van der Waals surface area contributed by atoms with Gasteiger partial charge in [0.1, 0.15) is 5.69 Å². The first-order valence-corrected chi connectivity index (χ1v) is 5.01. The molecule has 0 atom stereocenters. The molecule has 3 nitrogen and oxygen atoms in total. The standard InChI is InChI=1S/C13H12N2O/c1-9-7-8-11(13(14)16)15-12(9)10-5-3-2-4-6-10/h2-8H,1H3,(H2,14,16). The fraction of sp³-hybridized carbons (Fsp3) is 0.0769. The summed E-state index contributed by atoms with van der Waals surface area (Å²) in [6.45, 7) is 1.96. The molecule has 2 rings (SSSR count). The zero-order valence-corrected chi connectivity index (χ0v) is 8.97. The highest BCUT2D eigenvalue weighted by molar-refractivity contribution is 5.91. The molecule has 0 unspecified atom stereocenters. The molecular weight excluding hydrogens is 200 g/mol. The van der Waals surface area contributed by atoms with E-state index >= 15 is 0 Å². The molecule has 1 aromatic heterocycles. The molecular formula is C13H12N2O. The summed E-state index contributed by atoms with van der Waals surface area (Å²) in [4.78, 5) is 15.3. The molecule has 0 fully saturated rings. The maximum absolute atomic E-state index is 11.1. The molecule has 2 N–H and O–H groups in total. The van der Waals surface area contributed by atoms with E-state index in [-0.39, 0.29) is 0 Å². The van der Waals surface area contributed by atoms with Crippen molar-refractivity contribution in [1.29, 1.82) is 0 Å². The number of pyridine rings is 1. The SMILES string of the molecule is Cc1ccc(C(N)=O)nc1-c1ccccc1. The van der Waals surface area contributed by atoms with Crippen LogP contribution >= 0.6 is 0 Å². The van der Waals surface area contributed by atoms with Crippen molar-refractivity contribution in [3.8, 4) is 11.3 Å². The van der Waals surface area contributed by atoms with Gasteiger partial charge < -0.3 is 5.73 Å². The summed E-state index contributed by atoms with van der Waals surface area (Å²) in [5.74, 6) is -0.503. The number of hydrogen-bond donors (Lipinski definition) is 1. The smallest absolute Gasteiger partial charge is 0.267 e. The number of rotatable bonds is 2. The van der Waals surface area contributed by atoms with Gasteiger partial charge in [0.2, 0.25) is 0 Å². The Hall–Kier alpha value is -2.16. The van der Waals surface area contributed by atoms with Crippen LogP contribution in [0.4, 0.5) is 0 Å². The number of primary amides is 1. The highest BCUT2D eigenvalue weighted by Crippen LogP contribution is 2.20. The number of nitrogens with zero attached hydrogens (tertiary/aromatic N) is 1. The number of benzene rings is 1. The van der Waals surface area contributed by atoms with Crippen LogP contribution in [0.1, 0.15) is 16.1 Å². The summed E-state index contributed by atoms with van der Waals surface area (Å²) in [6, 6.07) is 13.2. The molecule has 0 aliphatic heterocycles. The van der Waals surface area contributed by atoms with E-state index in [4.69, 9.17) is 5.73 Å². The molecule has 1 amide bonds. The van der Waals surface area contributed by atoms with Crippen LogP contribution in [-0.4, -0.2) is 10.9 Å². The van der Waals surface area contributed by atoms with Gasteiger partial charge in [-0.1, -0.05) is 36.4 Å². The predicted octanol–water partition coefficient (Wildman–Crippen LogP) is 2.16. The molecule has 0 spiro atoms. The van der Waals surface area contributed by atoms with Crippen LogP contribution in [0.15, 0.2) is 42.5 Å². The van der Waals surface area contributed by atoms with Gasteiger partial charge >= 0.3 is 0 Å². The van der Waals surface area contributed by atoms with Crippen molar-refractivity contribution in [2.24, 2.45) is 5.73 Å². The highest BCUT2D eigenvalue weighted by Gasteiger charge is 2.07. The fourth-order valence-electron chi connectivity index (χ4n) is 1.55. The van der Waals surface area contributed by atoms with Crippen LogP contribution < -0.4 is 5.73 Å². The van der Waals surface area contributed by atoms with Crippen LogP contribution in [0.3, 0.4) is 0 Å². The summed E-state index contributed by atoms with van der Waals surface area (Å²) in [6.07, 6.45) is 0.